The normalized spacial score (nSPS) is 10.7. The number of nitrogens with one attached hydrogen (secondary N) is 1. The Balaban J connectivity index is 1.70. The summed E-state index contributed by atoms with van der Waals surface area (Å²) in [5.41, 5.74) is 1.05. The molecule has 2 aromatic carbocycles. The molecule has 1 N–H and O–H groups in total. The van der Waals surface area contributed by atoms with E-state index in [0.29, 0.717) is 22.1 Å². The van der Waals surface area contributed by atoms with E-state index >= 15 is 0 Å². The molecule has 0 saturated heterocycles. The number of benzene rings is 2. The van der Waals surface area contributed by atoms with Gasteiger partial charge in [-0.1, -0.05) is 34.8 Å². The lowest BCUT2D eigenvalue weighted by atomic mass is 10.2. The summed E-state index contributed by atoms with van der Waals surface area (Å²) in [5.74, 6) is -1.85. The first-order valence-electron chi connectivity index (χ1n) is 8.19. The number of amides is 1. The van der Waals surface area contributed by atoms with Gasteiger partial charge in [0.25, 0.3) is 5.91 Å². The number of aryl methyl sites for hydroxylation is 1. The molecule has 0 aliphatic carbocycles. The number of rotatable bonds is 5. The van der Waals surface area contributed by atoms with Crippen LogP contribution < -0.4 is 5.32 Å². The van der Waals surface area contributed by atoms with Gasteiger partial charge in [0.1, 0.15) is 16.5 Å². The molecular formula is C19H13Cl3FN3O3. The van der Waals surface area contributed by atoms with Crippen LogP contribution in [0.3, 0.4) is 0 Å². The van der Waals surface area contributed by atoms with Gasteiger partial charge in [0.2, 0.25) is 0 Å². The van der Waals surface area contributed by atoms with Gasteiger partial charge in [-0.25, -0.2) is 13.9 Å². The van der Waals surface area contributed by atoms with Crippen molar-refractivity contribution in [3.8, 4) is 5.69 Å². The number of hydrogen-bond acceptors (Lipinski definition) is 4. The average Bonchev–Trinajstić information content (AvgIpc) is 2.97. The predicted molar refractivity (Wildman–Crippen MR) is 109 cm³/mol. The number of aromatic nitrogens is 2. The number of halogens is 4. The summed E-state index contributed by atoms with van der Waals surface area (Å²) < 4.78 is 19.4. The van der Waals surface area contributed by atoms with Crippen LogP contribution in [-0.2, 0) is 9.53 Å². The van der Waals surface area contributed by atoms with Crippen molar-refractivity contribution in [2.75, 3.05) is 11.9 Å². The molecule has 1 heterocycles. The maximum Gasteiger partial charge on any atom is 0.343 e. The second-order valence-corrected chi connectivity index (χ2v) is 7.09. The average molecular weight is 457 g/mol. The zero-order chi connectivity index (χ0) is 21.1. The molecule has 29 heavy (non-hydrogen) atoms. The smallest absolute Gasteiger partial charge is 0.343 e. The standard InChI is InChI=1S/C19H13Cl3FN3O3/c1-10-17(18(22)26(25-10)13-5-3-12(23)4-6-13)19(28)29-9-16(27)24-15-8-11(20)2-7-14(15)21/h2-8H,9H2,1H3,(H,24,27). The summed E-state index contributed by atoms with van der Waals surface area (Å²) in [6.45, 7) is 0.994. The Labute approximate surface area is 180 Å². The molecule has 150 valence electrons. The van der Waals surface area contributed by atoms with E-state index in [1.165, 1.54) is 41.1 Å². The highest BCUT2D eigenvalue weighted by Gasteiger charge is 2.23. The summed E-state index contributed by atoms with van der Waals surface area (Å²) >= 11 is 18.1. The van der Waals surface area contributed by atoms with Crippen molar-refractivity contribution in [3.63, 3.8) is 0 Å². The monoisotopic (exact) mass is 455 g/mol. The number of anilines is 1. The number of ether oxygens (including phenoxy) is 1. The molecule has 0 unspecified atom stereocenters. The molecule has 3 rings (SSSR count). The Morgan fingerprint density at radius 2 is 1.83 bits per heavy atom. The Hall–Kier alpha value is -2.61. The van der Waals surface area contributed by atoms with E-state index in [1.807, 2.05) is 0 Å². The van der Waals surface area contributed by atoms with Crippen LogP contribution in [0.15, 0.2) is 42.5 Å². The van der Waals surface area contributed by atoms with Crippen LogP contribution in [0.4, 0.5) is 10.1 Å². The van der Waals surface area contributed by atoms with Crippen LogP contribution in [0.1, 0.15) is 16.1 Å². The fourth-order valence-electron chi connectivity index (χ4n) is 2.47. The minimum Gasteiger partial charge on any atom is -0.452 e. The van der Waals surface area contributed by atoms with Gasteiger partial charge in [-0.2, -0.15) is 5.10 Å². The third-order valence-corrected chi connectivity index (χ3v) is 4.73. The van der Waals surface area contributed by atoms with Crippen LogP contribution >= 0.6 is 34.8 Å². The number of carbonyl (C=O) groups is 2. The predicted octanol–water partition coefficient (Wildman–Crippen LogP) is 5.08. The first-order valence-corrected chi connectivity index (χ1v) is 9.32. The summed E-state index contributed by atoms with van der Waals surface area (Å²) in [6, 6.07) is 9.98. The molecule has 0 fully saturated rings. The van der Waals surface area contributed by atoms with Gasteiger partial charge >= 0.3 is 5.97 Å². The third kappa shape index (κ3) is 4.87. The molecule has 0 aliphatic heterocycles. The van der Waals surface area contributed by atoms with Crippen molar-refractivity contribution in [1.29, 1.82) is 0 Å². The lowest BCUT2D eigenvalue weighted by Gasteiger charge is -2.08. The van der Waals surface area contributed by atoms with Gasteiger partial charge in [0.15, 0.2) is 6.61 Å². The summed E-state index contributed by atoms with van der Waals surface area (Å²) in [4.78, 5) is 24.5. The van der Waals surface area contributed by atoms with Crippen molar-refractivity contribution in [2.24, 2.45) is 0 Å². The molecule has 0 spiro atoms. The Bertz CT molecular complexity index is 1080. The van der Waals surface area contributed by atoms with Gasteiger partial charge in [-0.15, -0.1) is 0 Å². The van der Waals surface area contributed by atoms with E-state index in [2.05, 4.69) is 10.4 Å². The highest BCUT2D eigenvalue weighted by molar-refractivity contribution is 6.35. The zero-order valence-electron chi connectivity index (χ0n) is 14.9. The van der Waals surface area contributed by atoms with Gasteiger partial charge in [0, 0.05) is 5.02 Å². The summed E-state index contributed by atoms with van der Waals surface area (Å²) in [7, 11) is 0. The first-order chi connectivity index (χ1) is 13.8. The third-order valence-electron chi connectivity index (χ3n) is 3.82. The Morgan fingerprint density at radius 3 is 2.52 bits per heavy atom. The van der Waals surface area contributed by atoms with Gasteiger partial charge in [-0.3, -0.25) is 4.79 Å². The molecule has 0 radical (unpaired) electrons. The van der Waals surface area contributed by atoms with Crippen LogP contribution in [0.25, 0.3) is 5.69 Å². The second kappa shape index (κ2) is 8.82. The fraction of sp³-hybridized carbons (Fsp3) is 0.105. The SMILES string of the molecule is Cc1nn(-c2ccc(F)cc2)c(Cl)c1C(=O)OCC(=O)Nc1cc(Cl)ccc1Cl. The lowest BCUT2D eigenvalue weighted by molar-refractivity contribution is -0.119. The molecule has 0 atom stereocenters. The maximum atomic E-state index is 13.1. The molecule has 6 nitrogen and oxygen atoms in total. The minimum atomic E-state index is -0.826. The first kappa shape index (κ1) is 21.1. The topological polar surface area (TPSA) is 73.2 Å². The van der Waals surface area contributed by atoms with Crippen molar-refractivity contribution >= 4 is 52.4 Å². The summed E-state index contributed by atoms with van der Waals surface area (Å²) in [5, 5.41) is 7.33. The lowest BCUT2D eigenvalue weighted by Crippen LogP contribution is -2.21. The van der Waals surface area contributed by atoms with Gasteiger partial charge < -0.3 is 10.1 Å². The molecule has 0 aliphatic rings. The molecule has 3 aromatic rings. The largest absolute Gasteiger partial charge is 0.452 e. The van der Waals surface area contributed by atoms with Crippen LogP contribution in [-0.4, -0.2) is 28.3 Å². The van der Waals surface area contributed by atoms with E-state index in [0.717, 1.165) is 0 Å². The molecule has 0 saturated carbocycles. The zero-order valence-corrected chi connectivity index (χ0v) is 17.1. The van der Waals surface area contributed by atoms with Crippen molar-refractivity contribution < 1.29 is 18.7 Å². The highest BCUT2D eigenvalue weighted by Crippen LogP contribution is 2.26. The van der Waals surface area contributed by atoms with E-state index in [4.69, 9.17) is 39.5 Å². The fourth-order valence-corrected chi connectivity index (χ4v) is 3.15. The Kier molecular flexibility index (Phi) is 6.42. The molecule has 10 heteroatoms. The second-order valence-electron chi connectivity index (χ2n) is 5.89. The quantitative estimate of drug-likeness (QED) is 0.544. The highest BCUT2D eigenvalue weighted by atomic mass is 35.5. The maximum absolute atomic E-state index is 13.1. The number of hydrogen-bond donors (Lipinski definition) is 1. The van der Waals surface area contributed by atoms with E-state index in [-0.39, 0.29) is 15.7 Å². The molecule has 0 bridgehead atoms. The van der Waals surface area contributed by atoms with Crippen LogP contribution in [0, 0.1) is 12.7 Å². The Morgan fingerprint density at radius 1 is 1.14 bits per heavy atom. The van der Waals surface area contributed by atoms with Gasteiger partial charge in [-0.05, 0) is 49.4 Å². The van der Waals surface area contributed by atoms with Crippen molar-refractivity contribution in [3.05, 3.63) is 74.7 Å². The molecular weight excluding hydrogens is 444 g/mol. The van der Waals surface area contributed by atoms with E-state index in [9.17, 15) is 14.0 Å². The van der Waals surface area contributed by atoms with E-state index in [1.54, 1.807) is 13.0 Å². The van der Waals surface area contributed by atoms with Gasteiger partial charge in [0.05, 0.1) is 22.1 Å². The molecule has 1 aromatic heterocycles. The van der Waals surface area contributed by atoms with E-state index < -0.39 is 24.3 Å². The van der Waals surface area contributed by atoms with Crippen molar-refractivity contribution in [1.82, 2.24) is 9.78 Å². The number of esters is 1. The van der Waals surface area contributed by atoms with Crippen LogP contribution in [0.5, 0.6) is 0 Å². The number of carbonyl (C=O) groups excluding carboxylic acids is 2. The van der Waals surface area contributed by atoms with Crippen molar-refractivity contribution in [2.45, 2.75) is 6.92 Å². The molecule has 1 amide bonds. The van der Waals surface area contributed by atoms with Crippen LogP contribution in [0.2, 0.25) is 15.2 Å². The summed E-state index contributed by atoms with van der Waals surface area (Å²) in [6.07, 6.45) is 0. The number of nitrogens with zero attached hydrogens (tertiary/aromatic N) is 2. The minimum absolute atomic E-state index is 0.00424.